The van der Waals surface area contributed by atoms with E-state index in [9.17, 15) is 5.11 Å². The Labute approximate surface area is 90.6 Å². The van der Waals surface area contributed by atoms with Gasteiger partial charge >= 0.3 is 0 Å². The largest absolute Gasteiger partial charge is 0.461 e. The first-order valence-electron chi connectivity index (χ1n) is 5.54. The molecule has 0 aliphatic heterocycles. The summed E-state index contributed by atoms with van der Waals surface area (Å²) in [5.74, 6) is 3.33. The summed E-state index contributed by atoms with van der Waals surface area (Å²) in [4.78, 5) is 0. The zero-order valence-corrected chi connectivity index (χ0v) is 9.53. The maximum absolute atomic E-state index is 9.34. The molecule has 82 valence electrons. The summed E-state index contributed by atoms with van der Waals surface area (Å²) in [7, 11) is 0. The van der Waals surface area contributed by atoms with Crippen molar-refractivity contribution in [3.63, 3.8) is 0 Å². The van der Waals surface area contributed by atoms with Crippen LogP contribution in [0.15, 0.2) is 22.1 Å². The molecule has 15 heavy (non-hydrogen) atoms. The first-order valence-corrected chi connectivity index (χ1v) is 5.54. The first-order chi connectivity index (χ1) is 7.08. The summed E-state index contributed by atoms with van der Waals surface area (Å²) in [6.45, 7) is 5.91. The molecule has 1 aromatic heterocycles. The minimum Gasteiger partial charge on any atom is -0.461 e. The maximum atomic E-state index is 9.34. The van der Waals surface area contributed by atoms with Gasteiger partial charge in [0.15, 0.2) is 0 Å². The molecule has 2 nitrogen and oxygen atoms in total. The molecule has 1 aromatic rings. The van der Waals surface area contributed by atoms with Crippen LogP contribution >= 0.6 is 0 Å². The molecule has 0 aromatic carbocycles. The number of aliphatic hydroxyl groups excluding tert-OH is 1. The van der Waals surface area contributed by atoms with E-state index in [0.717, 1.165) is 23.0 Å². The van der Waals surface area contributed by atoms with Gasteiger partial charge in [-0.3, -0.25) is 0 Å². The van der Waals surface area contributed by atoms with Gasteiger partial charge < -0.3 is 9.52 Å². The van der Waals surface area contributed by atoms with Crippen LogP contribution in [0.5, 0.6) is 0 Å². The van der Waals surface area contributed by atoms with Gasteiger partial charge in [-0.15, -0.1) is 0 Å². The fourth-order valence-electron chi connectivity index (χ4n) is 1.71. The molecule has 0 radical (unpaired) electrons. The van der Waals surface area contributed by atoms with Crippen molar-refractivity contribution in [3.8, 4) is 0 Å². The van der Waals surface area contributed by atoms with E-state index < -0.39 is 6.10 Å². The lowest BCUT2D eigenvalue weighted by atomic mass is 10.1. The number of hydrogen-bond donors (Lipinski definition) is 1. The minimum absolute atomic E-state index is 0.404. The molecule has 0 bridgehead atoms. The fourth-order valence-corrected chi connectivity index (χ4v) is 1.71. The minimum atomic E-state index is -0.404. The molecule has 0 spiro atoms. The van der Waals surface area contributed by atoms with Crippen molar-refractivity contribution in [1.82, 2.24) is 0 Å². The van der Waals surface area contributed by atoms with Gasteiger partial charge in [0.25, 0.3) is 0 Å². The number of hydrogen-bond acceptors (Lipinski definition) is 2. The smallest absolute Gasteiger partial charge is 0.127 e. The molecule has 1 N–H and O–H groups in total. The highest BCUT2D eigenvalue weighted by Crippen LogP contribution is 2.47. The second-order valence-electron chi connectivity index (χ2n) is 4.62. The summed E-state index contributed by atoms with van der Waals surface area (Å²) in [5, 5.41) is 9.34. The van der Waals surface area contributed by atoms with Gasteiger partial charge in [0.05, 0.1) is 6.10 Å². The molecule has 3 unspecified atom stereocenters. The quantitative estimate of drug-likeness (QED) is 0.824. The monoisotopic (exact) mass is 206 g/mol. The van der Waals surface area contributed by atoms with Crippen molar-refractivity contribution in [2.75, 3.05) is 0 Å². The number of rotatable bonds is 3. The van der Waals surface area contributed by atoms with Crippen LogP contribution in [0.3, 0.4) is 0 Å². The van der Waals surface area contributed by atoms with Crippen molar-refractivity contribution >= 4 is 6.08 Å². The highest BCUT2D eigenvalue weighted by atomic mass is 16.3. The maximum Gasteiger partial charge on any atom is 0.127 e. The molecule has 2 rings (SSSR count). The molecule has 2 heteroatoms. The Morgan fingerprint density at radius 3 is 2.80 bits per heavy atom. The highest BCUT2D eigenvalue weighted by molar-refractivity contribution is 5.48. The van der Waals surface area contributed by atoms with Crippen LogP contribution in [0.2, 0.25) is 0 Å². The van der Waals surface area contributed by atoms with Gasteiger partial charge in [-0.25, -0.2) is 0 Å². The highest BCUT2D eigenvalue weighted by Gasteiger charge is 2.36. The SMILES string of the molecule is C/C(=C\c1ccc(C2CC2C)o1)C(C)O. The van der Waals surface area contributed by atoms with E-state index in [1.54, 1.807) is 6.92 Å². The molecule has 1 fully saturated rings. The van der Waals surface area contributed by atoms with E-state index in [1.807, 2.05) is 19.1 Å². The lowest BCUT2D eigenvalue weighted by molar-refractivity contribution is 0.232. The predicted octanol–water partition coefficient (Wildman–Crippen LogP) is 3.19. The van der Waals surface area contributed by atoms with Crippen LogP contribution in [-0.4, -0.2) is 11.2 Å². The second-order valence-corrected chi connectivity index (χ2v) is 4.62. The van der Waals surface area contributed by atoms with E-state index in [4.69, 9.17) is 4.42 Å². The number of aliphatic hydroxyl groups is 1. The van der Waals surface area contributed by atoms with Crippen LogP contribution in [0.1, 0.15) is 44.6 Å². The first kappa shape index (κ1) is 10.5. The zero-order chi connectivity index (χ0) is 11.0. The molecular weight excluding hydrogens is 188 g/mol. The molecule has 1 aliphatic carbocycles. The van der Waals surface area contributed by atoms with Gasteiger partial charge in [0.2, 0.25) is 0 Å². The average Bonchev–Trinajstić information content (AvgIpc) is 2.73. The van der Waals surface area contributed by atoms with Crippen molar-refractivity contribution < 1.29 is 9.52 Å². The van der Waals surface area contributed by atoms with E-state index in [1.165, 1.54) is 6.42 Å². The Morgan fingerprint density at radius 2 is 2.27 bits per heavy atom. The summed E-state index contributed by atoms with van der Waals surface area (Å²) in [5.41, 5.74) is 0.930. The van der Waals surface area contributed by atoms with E-state index in [0.29, 0.717) is 5.92 Å². The van der Waals surface area contributed by atoms with Crippen LogP contribution < -0.4 is 0 Å². The third kappa shape index (κ3) is 2.32. The molecule has 1 saturated carbocycles. The Hall–Kier alpha value is -1.02. The predicted molar refractivity (Wildman–Crippen MR) is 60.6 cm³/mol. The summed E-state index contributed by atoms with van der Waals surface area (Å²) in [6.07, 6.45) is 2.74. The molecule has 3 atom stereocenters. The lowest BCUT2D eigenvalue weighted by Crippen LogP contribution is -1.99. The summed E-state index contributed by atoms with van der Waals surface area (Å²) < 4.78 is 5.71. The third-order valence-corrected chi connectivity index (χ3v) is 3.15. The molecular formula is C13H18O2. The fraction of sp³-hybridized carbons (Fsp3) is 0.538. The van der Waals surface area contributed by atoms with Crippen molar-refractivity contribution in [2.45, 2.75) is 39.2 Å². The topological polar surface area (TPSA) is 33.4 Å². The lowest BCUT2D eigenvalue weighted by Gasteiger charge is -2.01. The van der Waals surface area contributed by atoms with Gasteiger partial charge in [-0.05, 0) is 50.0 Å². The Bertz CT molecular complexity index is 374. The Balaban J connectivity index is 2.10. The summed E-state index contributed by atoms with van der Waals surface area (Å²) in [6, 6.07) is 4.03. The van der Waals surface area contributed by atoms with E-state index >= 15 is 0 Å². The van der Waals surface area contributed by atoms with Crippen LogP contribution in [0, 0.1) is 5.92 Å². The van der Waals surface area contributed by atoms with Crippen molar-refractivity contribution in [1.29, 1.82) is 0 Å². The Morgan fingerprint density at radius 1 is 1.60 bits per heavy atom. The van der Waals surface area contributed by atoms with Gasteiger partial charge in [-0.1, -0.05) is 6.92 Å². The average molecular weight is 206 g/mol. The van der Waals surface area contributed by atoms with Gasteiger partial charge in [0, 0.05) is 5.92 Å². The van der Waals surface area contributed by atoms with Gasteiger partial charge in [-0.2, -0.15) is 0 Å². The molecule has 1 heterocycles. The Kier molecular flexibility index (Phi) is 2.70. The zero-order valence-electron chi connectivity index (χ0n) is 9.53. The van der Waals surface area contributed by atoms with E-state index in [2.05, 4.69) is 13.0 Å². The van der Waals surface area contributed by atoms with Crippen molar-refractivity contribution in [3.05, 3.63) is 29.2 Å². The summed E-state index contributed by atoms with van der Waals surface area (Å²) >= 11 is 0. The second kappa shape index (κ2) is 3.86. The normalized spacial score (nSPS) is 27.9. The van der Waals surface area contributed by atoms with E-state index in [-0.39, 0.29) is 0 Å². The number of furan rings is 1. The molecule has 0 amide bonds. The molecule has 0 saturated heterocycles. The third-order valence-electron chi connectivity index (χ3n) is 3.15. The van der Waals surface area contributed by atoms with Crippen LogP contribution in [-0.2, 0) is 0 Å². The standard InChI is InChI=1S/C13H18O2/c1-8(10(3)14)6-11-4-5-13(15-11)12-7-9(12)2/h4-6,9-10,12,14H,7H2,1-3H3/b8-6+. The molecule has 1 aliphatic rings. The van der Waals surface area contributed by atoms with Crippen LogP contribution in [0.4, 0.5) is 0 Å². The van der Waals surface area contributed by atoms with Gasteiger partial charge in [0.1, 0.15) is 11.5 Å². The van der Waals surface area contributed by atoms with Crippen molar-refractivity contribution in [2.24, 2.45) is 5.92 Å². The van der Waals surface area contributed by atoms with Crippen LogP contribution in [0.25, 0.3) is 6.08 Å².